The lowest BCUT2D eigenvalue weighted by atomic mass is 10.2. The molecule has 0 spiro atoms. The molecule has 1 amide bonds. The molecule has 2 aromatic carbocycles. The monoisotopic (exact) mass is 315 g/mol. The molecule has 0 aromatic heterocycles. The van der Waals surface area contributed by atoms with Crippen LogP contribution in [0.5, 0.6) is 11.5 Å². The van der Waals surface area contributed by atoms with E-state index < -0.39 is 6.09 Å². The Morgan fingerprint density at radius 3 is 2.52 bits per heavy atom. The van der Waals surface area contributed by atoms with Crippen molar-refractivity contribution in [2.24, 2.45) is 0 Å². The zero-order valence-corrected chi connectivity index (χ0v) is 13.4. The first-order valence-corrected chi connectivity index (χ1v) is 7.47. The number of hydrogen-bond donors (Lipinski definition) is 1. The summed E-state index contributed by atoms with van der Waals surface area (Å²) in [6.45, 7) is 2.95. The van der Waals surface area contributed by atoms with Crippen LogP contribution < -0.4 is 14.8 Å². The van der Waals surface area contributed by atoms with Crippen molar-refractivity contribution in [3.8, 4) is 11.5 Å². The number of amides is 1. The van der Waals surface area contributed by atoms with Crippen molar-refractivity contribution in [1.29, 1.82) is 0 Å². The topological polar surface area (TPSA) is 56.8 Å². The van der Waals surface area contributed by atoms with E-state index in [9.17, 15) is 4.79 Å². The van der Waals surface area contributed by atoms with Gasteiger partial charge in [0.1, 0.15) is 6.61 Å². The summed E-state index contributed by atoms with van der Waals surface area (Å²) < 4.78 is 16.0. The number of ether oxygens (including phenoxy) is 3. The quantitative estimate of drug-likeness (QED) is 0.849. The molecule has 23 heavy (non-hydrogen) atoms. The fourth-order valence-electron chi connectivity index (χ4n) is 2.03. The molecule has 0 atom stereocenters. The van der Waals surface area contributed by atoms with E-state index in [1.807, 2.05) is 48.5 Å². The maximum atomic E-state index is 11.3. The highest BCUT2D eigenvalue weighted by Gasteiger charge is 2.07. The van der Waals surface area contributed by atoms with E-state index in [1.54, 1.807) is 14.0 Å². The van der Waals surface area contributed by atoms with Crippen LogP contribution in [0, 0.1) is 0 Å². The molecular formula is C18H21NO4. The first-order valence-electron chi connectivity index (χ1n) is 7.47. The second-order valence-electron chi connectivity index (χ2n) is 4.83. The minimum absolute atomic E-state index is 0.349. The number of methoxy groups -OCH3 is 1. The fraction of sp³-hybridized carbons (Fsp3) is 0.278. The molecule has 122 valence electrons. The van der Waals surface area contributed by atoms with Gasteiger partial charge in [-0.3, -0.25) is 0 Å². The third-order valence-corrected chi connectivity index (χ3v) is 3.18. The second-order valence-corrected chi connectivity index (χ2v) is 4.83. The van der Waals surface area contributed by atoms with E-state index in [0.29, 0.717) is 31.3 Å². The van der Waals surface area contributed by atoms with E-state index in [4.69, 9.17) is 14.2 Å². The highest BCUT2D eigenvalue weighted by molar-refractivity contribution is 5.67. The molecule has 0 bridgehead atoms. The predicted molar refractivity (Wildman–Crippen MR) is 87.6 cm³/mol. The van der Waals surface area contributed by atoms with Crippen molar-refractivity contribution in [3.63, 3.8) is 0 Å². The van der Waals surface area contributed by atoms with Gasteiger partial charge in [-0.2, -0.15) is 0 Å². The van der Waals surface area contributed by atoms with Crippen LogP contribution in [0.3, 0.4) is 0 Å². The van der Waals surface area contributed by atoms with Crippen LogP contribution in [0.25, 0.3) is 0 Å². The number of carbonyl (C=O) groups excluding carboxylic acids is 1. The molecular weight excluding hydrogens is 294 g/mol. The number of carbonyl (C=O) groups is 1. The van der Waals surface area contributed by atoms with Crippen LogP contribution in [-0.2, 0) is 17.9 Å². The molecule has 0 aliphatic carbocycles. The average molecular weight is 315 g/mol. The van der Waals surface area contributed by atoms with Gasteiger partial charge in [0.05, 0.1) is 13.7 Å². The molecule has 0 unspecified atom stereocenters. The lowest BCUT2D eigenvalue weighted by molar-refractivity contribution is 0.151. The van der Waals surface area contributed by atoms with Crippen molar-refractivity contribution in [2.45, 2.75) is 20.1 Å². The van der Waals surface area contributed by atoms with Gasteiger partial charge in [-0.15, -0.1) is 0 Å². The maximum Gasteiger partial charge on any atom is 0.407 e. The molecule has 0 aliphatic rings. The zero-order chi connectivity index (χ0) is 16.5. The smallest absolute Gasteiger partial charge is 0.407 e. The molecule has 5 heteroatoms. The molecule has 0 saturated carbocycles. The molecule has 2 rings (SSSR count). The van der Waals surface area contributed by atoms with Gasteiger partial charge in [-0.05, 0) is 30.2 Å². The Bertz CT molecular complexity index is 628. The van der Waals surface area contributed by atoms with E-state index in [0.717, 1.165) is 11.1 Å². The van der Waals surface area contributed by atoms with Gasteiger partial charge in [0.25, 0.3) is 0 Å². The Morgan fingerprint density at radius 2 is 1.83 bits per heavy atom. The summed E-state index contributed by atoms with van der Waals surface area (Å²) in [5, 5.41) is 2.67. The van der Waals surface area contributed by atoms with Gasteiger partial charge in [-0.25, -0.2) is 4.79 Å². The standard InChI is InChI=1S/C18H21NO4/c1-3-22-18(20)19-12-15-9-10-16(17(11-15)21-2)23-13-14-7-5-4-6-8-14/h4-11H,3,12-13H2,1-2H3,(H,19,20). The van der Waals surface area contributed by atoms with Gasteiger partial charge >= 0.3 is 6.09 Å². The van der Waals surface area contributed by atoms with Gasteiger partial charge in [-0.1, -0.05) is 36.4 Å². The van der Waals surface area contributed by atoms with Gasteiger partial charge in [0, 0.05) is 6.54 Å². The minimum atomic E-state index is -0.434. The first kappa shape index (κ1) is 16.7. The largest absolute Gasteiger partial charge is 0.493 e. The maximum absolute atomic E-state index is 11.3. The molecule has 0 saturated heterocycles. The summed E-state index contributed by atoms with van der Waals surface area (Å²) >= 11 is 0. The minimum Gasteiger partial charge on any atom is -0.493 e. The van der Waals surface area contributed by atoms with E-state index in [2.05, 4.69) is 5.32 Å². The lowest BCUT2D eigenvalue weighted by Gasteiger charge is -2.12. The van der Waals surface area contributed by atoms with Crippen molar-refractivity contribution in [1.82, 2.24) is 5.32 Å². The van der Waals surface area contributed by atoms with Gasteiger partial charge < -0.3 is 19.5 Å². The Kier molecular flexibility index (Phi) is 6.29. The molecule has 0 aliphatic heterocycles. The molecule has 0 heterocycles. The Morgan fingerprint density at radius 1 is 1.04 bits per heavy atom. The summed E-state index contributed by atoms with van der Waals surface area (Å²) in [6.07, 6.45) is -0.434. The van der Waals surface area contributed by atoms with Crippen molar-refractivity contribution < 1.29 is 19.0 Å². The second kappa shape index (κ2) is 8.68. The molecule has 0 fully saturated rings. The zero-order valence-electron chi connectivity index (χ0n) is 13.4. The third-order valence-electron chi connectivity index (χ3n) is 3.18. The summed E-state index contributed by atoms with van der Waals surface area (Å²) in [7, 11) is 1.59. The lowest BCUT2D eigenvalue weighted by Crippen LogP contribution is -2.23. The van der Waals surface area contributed by atoms with Crippen LogP contribution in [0.15, 0.2) is 48.5 Å². The number of benzene rings is 2. The average Bonchev–Trinajstić information content (AvgIpc) is 2.59. The highest BCUT2D eigenvalue weighted by atomic mass is 16.5. The Balaban J connectivity index is 1.97. The molecule has 5 nitrogen and oxygen atoms in total. The summed E-state index contributed by atoms with van der Waals surface area (Å²) in [5.41, 5.74) is 1.99. The Hall–Kier alpha value is -2.69. The van der Waals surface area contributed by atoms with Crippen LogP contribution >= 0.6 is 0 Å². The summed E-state index contributed by atoms with van der Waals surface area (Å²) in [4.78, 5) is 11.3. The SMILES string of the molecule is CCOC(=O)NCc1ccc(OCc2ccccc2)c(OC)c1. The highest BCUT2D eigenvalue weighted by Crippen LogP contribution is 2.28. The van der Waals surface area contributed by atoms with Crippen LogP contribution in [0.4, 0.5) is 4.79 Å². The van der Waals surface area contributed by atoms with E-state index in [-0.39, 0.29) is 0 Å². The number of nitrogens with one attached hydrogen (secondary N) is 1. The number of alkyl carbamates (subject to hydrolysis) is 1. The van der Waals surface area contributed by atoms with Gasteiger partial charge in [0.2, 0.25) is 0 Å². The van der Waals surface area contributed by atoms with E-state index in [1.165, 1.54) is 0 Å². The van der Waals surface area contributed by atoms with Crippen LogP contribution in [0.1, 0.15) is 18.1 Å². The van der Waals surface area contributed by atoms with Crippen molar-refractivity contribution in [3.05, 3.63) is 59.7 Å². The fourth-order valence-corrected chi connectivity index (χ4v) is 2.03. The summed E-state index contributed by atoms with van der Waals surface area (Å²) in [6, 6.07) is 15.5. The Labute approximate surface area is 136 Å². The summed E-state index contributed by atoms with van der Waals surface area (Å²) in [5.74, 6) is 1.29. The first-order chi connectivity index (χ1) is 11.2. The third kappa shape index (κ3) is 5.21. The van der Waals surface area contributed by atoms with Crippen LogP contribution in [0.2, 0.25) is 0 Å². The van der Waals surface area contributed by atoms with Crippen molar-refractivity contribution >= 4 is 6.09 Å². The predicted octanol–water partition coefficient (Wildman–Crippen LogP) is 3.52. The molecule has 2 aromatic rings. The van der Waals surface area contributed by atoms with Crippen LogP contribution in [-0.4, -0.2) is 19.8 Å². The van der Waals surface area contributed by atoms with Crippen molar-refractivity contribution in [2.75, 3.05) is 13.7 Å². The van der Waals surface area contributed by atoms with Gasteiger partial charge in [0.15, 0.2) is 11.5 Å². The van der Waals surface area contributed by atoms with E-state index >= 15 is 0 Å². The number of rotatable bonds is 7. The molecule has 0 radical (unpaired) electrons. The number of hydrogen-bond acceptors (Lipinski definition) is 4. The normalized spacial score (nSPS) is 10.0. The molecule has 1 N–H and O–H groups in total.